The maximum atomic E-state index is 13.4. The lowest BCUT2D eigenvalue weighted by atomic mass is 9.97. The van der Waals surface area contributed by atoms with Gasteiger partial charge in [-0.1, -0.05) is 45.7 Å². The monoisotopic (exact) mass is 540 g/mol. The summed E-state index contributed by atoms with van der Waals surface area (Å²) < 4.78 is 16.6. The second kappa shape index (κ2) is 9.86. The fourth-order valence-electron chi connectivity index (χ4n) is 4.52. The topological polar surface area (TPSA) is 50.2 Å². The van der Waals surface area contributed by atoms with Crippen LogP contribution >= 0.6 is 27.5 Å². The second-order valence-electron chi connectivity index (χ2n) is 8.52. The van der Waals surface area contributed by atoms with E-state index in [1.165, 1.54) is 18.2 Å². The highest BCUT2D eigenvalue weighted by Gasteiger charge is 2.27. The fraction of sp³-hybridized carbons (Fsp3) is 0.231. The Morgan fingerprint density at radius 2 is 2.00 bits per heavy atom. The summed E-state index contributed by atoms with van der Waals surface area (Å²) >= 11 is 9.43. The van der Waals surface area contributed by atoms with Crippen molar-refractivity contribution in [1.82, 2.24) is 14.5 Å². The summed E-state index contributed by atoms with van der Waals surface area (Å²) in [6.07, 6.45) is 1.72. The van der Waals surface area contributed by atoms with Crippen molar-refractivity contribution < 1.29 is 9.18 Å². The average molecular weight is 542 g/mol. The summed E-state index contributed by atoms with van der Waals surface area (Å²) in [5.41, 5.74) is 3.54. The second-order valence-corrected chi connectivity index (χ2v) is 9.85. The molecule has 174 valence electrons. The van der Waals surface area contributed by atoms with Gasteiger partial charge in [0.1, 0.15) is 11.6 Å². The molecule has 1 atom stereocenters. The zero-order chi connectivity index (χ0) is 23.7. The molecule has 1 amide bonds. The van der Waals surface area contributed by atoms with Crippen molar-refractivity contribution in [2.45, 2.75) is 19.4 Å². The van der Waals surface area contributed by atoms with Gasteiger partial charge in [0.05, 0.1) is 28.5 Å². The van der Waals surface area contributed by atoms with Gasteiger partial charge < -0.3 is 5.32 Å². The van der Waals surface area contributed by atoms with Crippen LogP contribution in [0.4, 0.5) is 10.1 Å². The molecule has 1 aromatic heterocycles. The molecule has 3 aromatic carbocycles. The highest BCUT2D eigenvalue weighted by Crippen LogP contribution is 2.27. The number of nitrogens with zero attached hydrogens (tertiary/aromatic N) is 3. The molecular formula is C26H23BrClFN4O. The normalized spacial score (nSPS) is 16.6. The highest BCUT2D eigenvalue weighted by molar-refractivity contribution is 9.10. The number of amides is 1. The van der Waals surface area contributed by atoms with Gasteiger partial charge in [-0.05, 0) is 67.9 Å². The number of carbonyl (C=O) groups is 1. The van der Waals surface area contributed by atoms with Crippen molar-refractivity contribution >= 4 is 50.2 Å². The van der Waals surface area contributed by atoms with E-state index in [1.807, 2.05) is 30.3 Å². The number of benzene rings is 3. The Balaban J connectivity index is 1.36. The van der Waals surface area contributed by atoms with Crippen LogP contribution in [0.25, 0.3) is 16.7 Å². The Kier molecular flexibility index (Phi) is 6.68. The molecule has 0 saturated carbocycles. The minimum absolute atomic E-state index is 0.00507. The van der Waals surface area contributed by atoms with Crippen LogP contribution in [0.15, 0.2) is 71.2 Å². The Morgan fingerprint density at radius 1 is 1.15 bits per heavy atom. The molecule has 0 radical (unpaired) electrons. The van der Waals surface area contributed by atoms with E-state index < -0.39 is 5.82 Å². The molecule has 1 fully saturated rings. The van der Waals surface area contributed by atoms with Gasteiger partial charge in [0.25, 0.3) is 0 Å². The van der Waals surface area contributed by atoms with Crippen LogP contribution in [0.5, 0.6) is 0 Å². The summed E-state index contributed by atoms with van der Waals surface area (Å²) in [7, 11) is 0. The molecule has 2 heterocycles. The van der Waals surface area contributed by atoms with Gasteiger partial charge in [-0.3, -0.25) is 14.3 Å². The SMILES string of the molecule is O=C(Nc1ccc(F)c(Cl)c1)[C@@H]1CCCN(Cc2nc3ccccc3n2-c2cccc(Br)c2)C1. The maximum absolute atomic E-state index is 13.4. The summed E-state index contributed by atoms with van der Waals surface area (Å²) in [5.74, 6) is 0.191. The van der Waals surface area contributed by atoms with Gasteiger partial charge in [0, 0.05) is 22.4 Å². The zero-order valence-corrected chi connectivity index (χ0v) is 20.7. The predicted octanol–water partition coefficient (Wildman–Crippen LogP) is 6.43. The van der Waals surface area contributed by atoms with E-state index >= 15 is 0 Å². The van der Waals surface area contributed by atoms with Crippen molar-refractivity contribution in [3.05, 3.63) is 87.9 Å². The van der Waals surface area contributed by atoms with Gasteiger partial charge >= 0.3 is 0 Å². The standard InChI is InChI=1S/C26H23BrClFN4O/c27-18-6-3-7-20(13-18)33-24-9-2-1-8-23(24)31-25(33)16-32-12-4-5-17(15-32)26(34)30-19-10-11-22(29)21(28)14-19/h1-3,6-11,13-14,17H,4-5,12,15-16H2,(H,30,34)/t17-/m1/s1. The molecule has 1 aliphatic heterocycles. The minimum atomic E-state index is -0.503. The van der Waals surface area contributed by atoms with E-state index in [9.17, 15) is 9.18 Å². The number of piperidine rings is 1. The van der Waals surface area contributed by atoms with E-state index in [0.717, 1.165) is 46.4 Å². The number of para-hydroxylation sites is 2. The summed E-state index contributed by atoms with van der Waals surface area (Å²) in [6, 6.07) is 20.5. The number of fused-ring (bicyclic) bond motifs is 1. The van der Waals surface area contributed by atoms with E-state index in [-0.39, 0.29) is 16.8 Å². The molecule has 0 unspecified atom stereocenters. The van der Waals surface area contributed by atoms with Crippen molar-refractivity contribution in [2.24, 2.45) is 5.92 Å². The third-order valence-electron chi connectivity index (χ3n) is 6.13. The Bertz CT molecular complexity index is 1360. The van der Waals surface area contributed by atoms with Crippen LogP contribution in [-0.4, -0.2) is 33.4 Å². The minimum Gasteiger partial charge on any atom is -0.326 e. The number of imidazole rings is 1. The number of hydrogen-bond acceptors (Lipinski definition) is 3. The Morgan fingerprint density at radius 3 is 2.82 bits per heavy atom. The molecule has 0 bridgehead atoms. The van der Waals surface area contributed by atoms with Crippen LogP contribution in [0, 0.1) is 11.7 Å². The number of hydrogen-bond donors (Lipinski definition) is 1. The zero-order valence-electron chi connectivity index (χ0n) is 18.3. The van der Waals surface area contributed by atoms with Crippen molar-refractivity contribution in [1.29, 1.82) is 0 Å². The molecule has 5 rings (SSSR count). The Labute approximate surface area is 210 Å². The first-order valence-electron chi connectivity index (χ1n) is 11.2. The third-order valence-corrected chi connectivity index (χ3v) is 6.91. The van der Waals surface area contributed by atoms with Crippen LogP contribution < -0.4 is 5.32 Å². The lowest BCUT2D eigenvalue weighted by molar-refractivity contribution is -0.121. The average Bonchev–Trinajstić information content (AvgIpc) is 3.19. The molecule has 34 heavy (non-hydrogen) atoms. The highest BCUT2D eigenvalue weighted by atomic mass is 79.9. The molecule has 1 saturated heterocycles. The van der Waals surface area contributed by atoms with Crippen LogP contribution in [0.2, 0.25) is 5.02 Å². The number of aromatic nitrogens is 2. The molecule has 8 heteroatoms. The van der Waals surface area contributed by atoms with Gasteiger partial charge in [-0.2, -0.15) is 0 Å². The summed E-state index contributed by atoms with van der Waals surface area (Å²) in [6.45, 7) is 2.16. The number of anilines is 1. The fourth-order valence-corrected chi connectivity index (χ4v) is 5.08. The quantitative estimate of drug-likeness (QED) is 0.317. The van der Waals surface area contributed by atoms with Gasteiger partial charge in [0.2, 0.25) is 5.91 Å². The number of rotatable bonds is 5. The predicted molar refractivity (Wildman–Crippen MR) is 137 cm³/mol. The van der Waals surface area contributed by atoms with Crippen LogP contribution in [0.1, 0.15) is 18.7 Å². The number of halogens is 3. The summed E-state index contributed by atoms with van der Waals surface area (Å²) in [5, 5.41) is 2.88. The van der Waals surface area contributed by atoms with Gasteiger partial charge in [0.15, 0.2) is 0 Å². The maximum Gasteiger partial charge on any atom is 0.228 e. The molecule has 4 aromatic rings. The first-order chi connectivity index (χ1) is 16.5. The molecule has 0 aliphatic carbocycles. The van der Waals surface area contributed by atoms with E-state index in [1.54, 1.807) is 0 Å². The van der Waals surface area contributed by atoms with Crippen molar-refractivity contribution in [3.63, 3.8) is 0 Å². The van der Waals surface area contributed by atoms with Crippen LogP contribution in [0.3, 0.4) is 0 Å². The molecule has 1 N–H and O–H groups in total. The van der Waals surface area contributed by atoms with Gasteiger partial charge in [-0.15, -0.1) is 0 Å². The molecule has 0 spiro atoms. The first kappa shape index (κ1) is 23.0. The van der Waals surface area contributed by atoms with Gasteiger partial charge in [-0.25, -0.2) is 9.37 Å². The number of carbonyl (C=O) groups excluding carboxylic acids is 1. The third kappa shape index (κ3) is 4.87. The lowest BCUT2D eigenvalue weighted by Crippen LogP contribution is -2.40. The summed E-state index contributed by atoms with van der Waals surface area (Å²) in [4.78, 5) is 20.1. The Hall–Kier alpha value is -2.74. The van der Waals surface area contributed by atoms with E-state index in [0.29, 0.717) is 18.8 Å². The largest absolute Gasteiger partial charge is 0.326 e. The molecule has 5 nitrogen and oxygen atoms in total. The van der Waals surface area contributed by atoms with Crippen LogP contribution in [-0.2, 0) is 11.3 Å². The number of likely N-dealkylation sites (tertiary alicyclic amines) is 1. The lowest BCUT2D eigenvalue weighted by Gasteiger charge is -2.31. The van der Waals surface area contributed by atoms with E-state index in [4.69, 9.17) is 16.6 Å². The van der Waals surface area contributed by atoms with Crippen molar-refractivity contribution in [3.8, 4) is 5.69 Å². The van der Waals surface area contributed by atoms with E-state index in [2.05, 4.69) is 48.9 Å². The number of nitrogens with one attached hydrogen (secondary N) is 1. The molecular weight excluding hydrogens is 519 g/mol. The first-order valence-corrected chi connectivity index (χ1v) is 12.4. The van der Waals surface area contributed by atoms with Crippen molar-refractivity contribution in [2.75, 3.05) is 18.4 Å². The molecule has 1 aliphatic rings. The smallest absolute Gasteiger partial charge is 0.228 e.